The Morgan fingerprint density at radius 2 is 2.00 bits per heavy atom. The predicted octanol–water partition coefficient (Wildman–Crippen LogP) is 1.87. The number of hydrogen-bond donors (Lipinski definition) is 2. The van der Waals surface area contributed by atoms with Crippen molar-refractivity contribution < 1.29 is 8.42 Å². The molecule has 108 valence electrons. The van der Waals surface area contributed by atoms with Crippen LogP contribution in [0.4, 0.5) is 0 Å². The van der Waals surface area contributed by atoms with Crippen molar-refractivity contribution in [2.24, 2.45) is 5.92 Å². The molecule has 0 bridgehead atoms. The third-order valence-corrected chi connectivity index (χ3v) is 4.86. The molecule has 2 N–H and O–H groups in total. The van der Waals surface area contributed by atoms with Gasteiger partial charge in [-0.1, -0.05) is 33.1 Å². The normalized spacial score (nSPS) is 17.9. The molecule has 0 aliphatic heterocycles. The highest BCUT2D eigenvalue weighted by Crippen LogP contribution is 2.18. The summed E-state index contributed by atoms with van der Waals surface area (Å²) < 4.78 is 26.3. The first-order valence-electron chi connectivity index (χ1n) is 7.28. The van der Waals surface area contributed by atoms with Gasteiger partial charge in [-0.15, -0.1) is 0 Å². The summed E-state index contributed by atoms with van der Waals surface area (Å²) in [4.78, 5) is 0. The summed E-state index contributed by atoms with van der Waals surface area (Å²) in [6, 6.07) is 0.577. The number of sulfonamides is 1. The van der Waals surface area contributed by atoms with E-state index >= 15 is 0 Å². The van der Waals surface area contributed by atoms with Gasteiger partial charge in [0, 0.05) is 19.1 Å². The molecule has 0 amide bonds. The number of hydrogen-bond acceptors (Lipinski definition) is 3. The Morgan fingerprint density at radius 3 is 2.56 bits per heavy atom. The minimum atomic E-state index is -3.09. The Labute approximate surface area is 112 Å². The lowest BCUT2D eigenvalue weighted by molar-refractivity contribution is 0.443. The van der Waals surface area contributed by atoms with Gasteiger partial charge in [-0.05, 0) is 25.2 Å². The lowest BCUT2D eigenvalue weighted by atomic mass is 10.00. The van der Waals surface area contributed by atoms with Crippen molar-refractivity contribution >= 4 is 10.0 Å². The first kappa shape index (κ1) is 15.9. The van der Waals surface area contributed by atoms with Crippen LogP contribution in [0, 0.1) is 5.92 Å². The molecule has 1 rings (SSSR count). The highest BCUT2D eigenvalue weighted by atomic mass is 32.2. The number of nitrogens with one attached hydrogen (secondary N) is 2. The Morgan fingerprint density at radius 1 is 1.28 bits per heavy atom. The number of rotatable bonds is 11. The van der Waals surface area contributed by atoms with Gasteiger partial charge < -0.3 is 5.32 Å². The van der Waals surface area contributed by atoms with Crippen LogP contribution in [0.5, 0.6) is 0 Å². The zero-order chi connectivity index (χ0) is 13.4. The van der Waals surface area contributed by atoms with Crippen LogP contribution in [0.1, 0.15) is 52.4 Å². The van der Waals surface area contributed by atoms with E-state index < -0.39 is 10.0 Å². The van der Waals surface area contributed by atoms with E-state index in [0.717, 1.165) is 12.8 Å². The second-order valence-electron chi connectivity index (χ2n) is 5.31. The average molecular weight is 276 g/mol. The average Bonchev–Trinajstić information content (AvgIpc) is 3.13. The van der Waals surface area contributed by atoms with E-state index in [4.69, 9.17) is 0 Å². The van der Waals surface area contributed by atoms with Gasteiger partial charge >= 0.3 is 0 Å². The van der Waals surface area contributed by atoms with Crippen LogP contribution in [-0.4, -0.2) is 33.3 Å². The Kier molecular flexibility index (Phi) is 7.19. The summed E-state index contributed by atoms with van der Waals surface area (Å²) in [7, 11) is -3.09. The van der Waals surface area contributed by atoms with Crippen molar-refractivity contribution in [3.05, 3.63) is 0 Å². The topological polar surface area (TPSA) is 58.2 Å². The molecule has 5 heteroatoms. The van der Waals surface area contributed by atoms with Crippen LogP contribution >= 0.6 is 0 Å². The molecule has 1 unspecified atom stereocenters. The number of unbranched alkanes of at least 4 members (excludes halogenated alkanes) is 1. The van der Waals surface area contributed by atoms with E-state index in [0.29, 0.717) is 25.0 Å². The minimum absolute atomic E-state index is 0.202. The van der Waals surface area contributed by atoms with Gasteiger partial charge in [0.1, 0.15) is 0 Å². The van der Waals surface area contributed by atoms with Gasteiger partial charge in [0.25, 0.3) is 0 Å². The second kappa shape index (κ2) is 8.12. The van der Waals surface area contributed by atoms with E-state index in [2.05, 4.69) is 23.9 Å². The molecule has 1 saturated carbocycles. The van der Waals surface area contributed by atoms with Crippen LogP contribution in [-0.2, 0) is 10.0 Å². The maximum atomic E-state index is 11.8. The van der Waals surface area contributed by atoms with Crippen molar-refractivity contribution in [3.8, 4) is 0 Å². The molecule has 0 aromatic rings. The van der Waals surface area contributed by atoms with Crippen molar-refractivity contribution in [1.82, 2.24) is 10.0 Å². The van der Waals surface area contributed by atoms with Gasteiger partial charge in [0.05, 0.1) is 5.75 Å². The monoisotopic (exact) mass is 276 g/mol. The third-order valence-electron chi connectivity index (χ3n) is 3.52. The molecule has 1 atom stereocenters. The molecular weight excluding hydrogens is 248 g/mol. The van der Waals surface area contributed by atoms with Gasteiger partial charge in [-0.25, -0.2) is 13.1 Å². The van der Waals surface area contributed by atoms with Crippen molar-refractivity contribution in [1.29, 1.82) is 0 Å². The summed E-state index contributed by atoms with van der Waals surface area (Å²) in [5.74, 6) is 0.685. The van der Waals surface area contributed by atoms with Crippen LogP contribution in [0.25, 0.3) is 0 Å². The Hall–Kier alpha value is -0.130. The second-order valence-corrected chi connectivity index (χ2v) is 7.24. The van der Waals surface area contributed by atoms with Crippen LogP contribution in [0.2, 0.25) is 0 Å². The van der Waals surface area contributed by atoms with Gasteiger partial charge in [0.2, 0.25) is 10.0 Å². The SMILES string of the molecule is CCCCC(CC)CNS(=O)(=O)CCNC1CC1. The first-order valence-corrected chi connectivity index (χ1v) is 8.93. The van der Waals surface area contributed by atoms with E-state index in [1.54, 1.807) is 0 Å². The highest BCUT2D eigenvalue weighted by molar-refractivity contribution is 7.89. The van der Waals surface area contributed by atoms with E-state index in [9.17, 15) is 8.42 Å². The molecule has 1 fully saturated rings. The molecule has 0 saturated heterocycles. The van der Waals surface area contributed by atoms with E-state index in [-0.39, 0.29) is 5.75 Å². The van der Waals surface area contributed by atoms with Gasteiger partial charge in [0.15, 0.2) is 0 Å². The van der Waals surface area contributed by atoms with E-state index in [1.807, 2.05) is 0 Å². The summed E-state index contributed by atoms with van der Waals surface area (Å²) >= 11 is 0. The molecular formula is C13H28N2O2S. The maximum Gasteiger partial charge on any atom is 0.212 e. The third kappa shape index (κ3) is 7.34. The lowest BCUT2D eigenvalue weighted by Gasteiger charge is -2.15. The maximum absolute atomic E-state index is 11.8. The zero-order valence-electron chi connectivity index (χ0n) is 11.7. The standard InChI is InChI=1S/C13H28N2O2S/c1-3-5-6-12(4-2)11-15-18(16,17)10-9-14-13-7-8-13/h12-15H,3-11H2,1-2H3. The predicted molar refractivity (Wildman–Crippen MR) is 76.1 cm³/mol. The summed E-state index contributed by atoms with van der Waals surface area (Å²) in [6.45, 7) is 5.47. The zero-order valence-corrected chi connectivity index (χ0v) is 12.6. The summed E-state index contributed by atoms with van der Waals surface area (Å²) in [5.41, 5.74) is 0. The summed E-state index contributed by atoms with van der Waals surface area (Å²) in [5, 5.41) is 3.23. The molecule has 0 heterocycles. The minimum Gasteiger partial charge on any atom is -0.313 e. The fourth-order valence-electron chi connectivity index (χ4n) is 1.95. The first-order chi connectivity index (χ1) is 8.57. The van der Waals surface area contributed by atoms with Gasteiger partial charge in [-0.2, -0.15) is 0 Å². The Balaban J connectivity index is 2.16. The van der Waals surface area contributed by atoms with E-state index in [1.165, 1.54) is 25.7 Å². The highest BCUT2D eigenvalue weighted by Gasteiger charge is 2.21. The molecule has 0 spiro atoms. The Bertz CT molecular complexity index is 313. The van der Waals surface area contributed by atoms with Gasteiger partial charge in [-0.3, -0.25) is 0 Å². The fraction of sp³-hybridized carbons (Fsp3) is 1.00. The van der Waals surface area contributed by atoms with Crippen molar-refractivity contribution in [3.63, 3.8) is 0 Å². The van der Waals surface area contributed by atoms with Crippen molar-refractivity contribution in [2.45, 2.75) is 58.4 Å². The molecule has 18 heavy (non-hydrogen) atoms. The molecule has 0 aromatic heterocycles. The quantitative estimate of drug-likeness (QED) is 0.606. The van der Waals surface area contributed by atoms with Crippen LogP contribution < -0.4 is 10.0 Å². The molecule has 1 aliphatic rings. The fourth-order valence-corrected chi connectivity index (χ4v) is 2.97. The molecule has 1 aliphatic carbocycles. The largest absolute Gasteiger partial charge is 0.313 e. The van der Waals surface area contributed by atoms with Crippen LogP contribution in [0.15, 0.2) is 0 Å². The summed E-state index contributed by atoms with van der Waals surface area (Å²) in [6.07, 6.45) is 6.92. The van der Waals surface area contributed by atoms with Crippen LogP contribution in [0.3, 0.4) is 0 Å². The molecule has 4 nitrogen and oxygen atoms in total. The lowest BCUT2D eigenvalue weighted by Crippen LogP contribution is -2.35. The smallest absolute Gasteiger partial charge is 0.212 e. The van der Waals surface area contributed by atoms with Crippen molar-refractivity contribution in [2.75, 3.05) is 18.8 Å². The molecule has 0 radical (unpaired) electrons. The molecule has 0 aromatic carbocycles.